The van der Waals surface area contributed by atoms with Gasteiger partial charge in [-0.15, -0.1) is 0 Å². The lowest BCUT2D eigenvalue weighted by atomic mass is 10.1. The molecule has 24 heavy (non-hydrogen) atoms. The number of benzene rings is 1. The standard InChI is InChI=1S/C19H23N3O2/c1-2-24-18-6-4-3-5-17(18)19(23)22-13-11-21(12-14-22)15-16-7-9-20-10-8-16/h3-10H,2,11-15H2,1H3. The topological polar surface area (TPSA) is 45.7 Å². The summed E-state index contributed by atoms with van der Waals surface area (Å²) in [5.41, 5.74) is 1.91. The van der Waals surface area contributed by atoms with Crippen molar-refractivity contribution < 1.29 is 9.53 Å². The van der Waals surface area contributed by atoms with Crippen molar-refractivity contribution in [2.45, 2.75) is 13.5 Å². The first-order valence-electron chi connectivity index (χ1n) is 8.40. The van der Waals surface area contributed by atoms with E-state index in [1.54, 1.807) is 0 Å². The molecule has 5 nitrogen and oxygen atoms in total. The number of piperazine rings is 1. The molecule has 2 aromatic rings. The Morgan fingerprint density at radius 2 is 1.79 bits per heavy atom. The van der Waals surface area contributed by atoms with Gasteiger partial charge in [-0.2, -0.15) is 0 Å². The van der Waals surface area contributed by atoms with Gasteiger partial charge in [0, 0.05) is 45.1 Å². The molecule has 1 aromatic carbocycles. The fourth-order valence-corrected chi connectivity index (χ4v) is 2.95. The Labute approximate surface area is 142 Å². The number of hydrogen-bond donors (Lipinski definition) is 0. The van der Waals surface area contributed by atoms with Gasteiger partial charge in [0.25, 0.3) is 5.91 Å². The first-order chi connectivity index (χ1) is 11.8. The van der Waals surface area contributed by atoms with Gasteiger partial charge in [0.05, 0.1) is 12.2 Å². The van der Waals surface area contributed by atoms with Crippen LogP contribution < -0.4 is 4.74 Å². The van der Waals surface area contributed by atoms with E-state index in [4.69, 9.17) is 4.74 Å². The molecule has 0 bridgehead atoms. The molecule has 0 radical (unpaired) electrons. The van der Waals surface area contributed by atoms with E-state index < -0.39 is 0 Å². The molecular weight excluding hydrogens is 302 g/mol. The number of amides is 1. The highest BCUT2D eigenvalue weighted by Gasteiger charge is 2.24. The fraction of sp³-hybridized carbons (Fsp3) is 0.368. The molecule has 0 N–H and O–H groups in total. The Kier molecular flexibility index (Phi) is 5.43. The van der Waals surface area contributed by atoms with Crippen LogP contribution in [0.2, 0.25) is 0 Å². The largest absolute Gasteiger partial charge is 0.493 e. The molecule has 1 aliphatic rings. The number of rotatable bonds is 5. The van der Waals surface area contributed by atoms with E-state index in [2.05, 4.69) is 9.88 Å². The zero-order valence-corrected chi connectivity index (χ0v) is 14.0. The fourth-order valence-electron chi connectivity index (χ4n) is 2.95. The summed E-state index contributed by atoms with van der Waals surface area (Å²) in [6.45, 7) is 6.63. The summed E-state index contributed by atoms with van der Waals surface area (Å²) in [7, 11) is 0. The molecule has 1 aliphatic heterocycles. The lowest BCUT2D eigenvalue weighted by Gasteiger charge is -2.35. The van der Waals surface area contributed by atoms with Gasteiger partial charge in [0.2, 0.25) is 0 Å². The normalized spacial score (nSPS) is 15.3. The summed E-state index contributed by atoms with van der Waals surface area (Å²) in [5.74, 6) is 0.729. The molecule has 0 aliphatic carbocycles. The first kappa shape index (κ1) is 16.5. The average Bonchev–Trinajstić information content (AvgIpc) is 2.63. The molecule has 1 amide bonds. The molecule has 126 valence electrons. The van der Waals surface area contributed by atoms with Gasteiger partial charge in [-0.05, 0) is 36.8 Å². The van der Waals surface area contributed by atoms with Crippen molar-refractivity contribution in [2.75, 3.05) is 32.8 Å². The van der Waals surface area contributed by atoms with Crippen LogP contribution in [-0.4, -0.2) is 53.5 Å². The molecule has 1 saturated heterocycles. The van der Waals surface area contributed by atoms with Gasteiger partial charge in [-0.25, -0.2) is 0 Å². The predicted molar refractivity (Wildman–Crippen MR) is 93.0 cm³/mol. The highest BCUT2D eigenvalue weighted by molar-refractivity contribution is 5.97. The summed E-state index contributed by atoms with van der Waals surface area (Å²) in [4.78, 5) is 21.1. The van der Waals surface area contributed by atoms with Crippen LogP contribution in [0.15, 0.2) is 48.8 Å². The second-order valence-corrected chi connectivity index (χ2v) is 5.85. The highest BCUT2D eigenvalue weighted by Crippen LogP contribution is 2.21. The van der Waals surface area contributed by atoms with Gasteiger partial charge in [0.1, 0.15) is 5.75 Å². The minimum absolute atomic E-state index is 0.0580. The molecule has 1 aromatic heterocycles. The number of nitrogens with zero attached hydrogens (tertiary/aromatic N) is 3. The van der Waals surface area contributed by atoms with E-state index in [1.165, 1.54) is 5.56 Å². The Balaban J connectivity index is 1.59. The lowest BCUT2D eigenvalue weighted by Crippen LogP contribution is -2.48. The number of para-hydroxylation sites is 1. The Morgan fingerprint density at radius 3 is 2.50 bits per heavy atom. The van der Waals surface area contributed by atoms with Crippen molar-refractivity contribution in [2.24, 2.45) is 0 Å². The van der Waals surface area contributed by atoms with E-state index in [0.717, 1.165) is 32.7 Å². The Morgan fingerprint density at radius 1 is 1.08 bits per heavy atom. The maximum absolute atomic E-state index is 12.8. The summed E-state index contributed by atoms with van der Waals surface area (Å²) in [6.07, 6.45) is 3.64. The molecule has 0 unspecified atom stereocenters. The molecule has 1 fully saturated rings. The Bertz CT molecular complexity index is 667. The molecule has 0 atom stereocenters. The number of carbonyl (C=O) groups is 1. The average molecular weight is 325 g/mol. The number of pyridine rings is 1. The van der Waals surface area contributed by atoms with Crippen LogP contribution >= 0.6 is 0 Å². The van der Waals surface area contributed by atoms with Gasteiger partial charge in [-0.1, -0.05) is 12.1 Å². The monoisotopic (exact) mass is 325 g/mol. The number of ether oxygens (including phenoxy) is 1. The third-order valence-corrected chi connectivity index (χ3v) is 4.23. The minimum Gasteiger partial charge on any atom is -0.493 e. The number of aromatic nitrogens is 1. The van der Waals surface area contributed by atoms with Crippen molar-refractivity contribution >= 4 is 5.91 Å². The maximum atomic E-state index is 12.8. The smallest absolute Gasteiger partial charge is 0.257 e. The van der Waals surface area contributed by atoms with E-state index >= 15 is 0 Å². The van der Waals surface area contributed by atoms with E-state index in [0.29, 0.717) is 17.9 Å². The molecule has 0 spiro atoms. The molecule has 2 heterocycles. The van der Waals surface area contributed by atoms with Crippen molar-refractivity contribution in [1.29, 1.82) is 0 Å². The molecule has 0 saturated carbocycles. The minimum atomic E-state index is 0.0580. The van der Waals surface area contributed by atoms with Crippen molar-refractivity contribution in [3.63, 3.8) is 0 Å². The number of hydrogen-bond acceptors (Lipinski definition) is 4. The van der Waals surface area contributed by atoms with E-state index in [9.17, 15) is 4.79 Å². The van der Waals surface area contributed by atoms with Crippen molar-refractivity contribution in [3.8, 4) is 5.75 Å². The van der Waals surface area contributed by atoms with Gasteiger partial charge in [-0.3, -0.25) is 14.7 Å². The molecule has 5 heteroatoms. The van der Waals surface area contributed by atoms with E-state index in [1.807, 2.05) is 60.6 Å². The van der Waals surface area contributed by atoms with Crippen LogP contribution in [0.3, 0.4) is 0 Å². The predicted octanol–water partition coefficient (Wildman–Crippen LogP) is 2.44. The highest BCUT2D eigenvalue weighted by atomic mass is 16.5. The van der Waals surface area contributed by atoms with Crippen LogP contribution in [0.1, 0.15) is 22.8 Å². The zero-order chi connectivity index (χ0) is 16.8. The van der Waals surface area contributed by atoms with Crippen molar-refractivity contribution in [1.82, 2.24) is 14.8 Å². The number of carbonyl (C=O) groups excluding carboxylic acids is 1. The molecule has 3 rings (SSSR count). The van der Waals surface area contributed by atoms with Crippen LogP contribution in [0.25, 0.3) is 0 Å². The first-order valence-corrected chi connectivity index (χ1v) is 8.40. The van der Waals surface area contributed by atoms with Crippen LogP contribution in [0.5, 0.6) is 5.75 Å². The maximum Gasteiger partial charge on any atom is 0.257 e. The van der Waals surface area contributed by atoms with Crippen LogP contribution in [0.4, 0.5) is 0 Å². The van der Waals surface area contributed by atoms with Gasteiger partial charge < -0.3 is 9.64 Å². The zero-order valence-electron chi connectivity index (χ0n) is 14.0. The third-order valence-electron chi connectivity index (χ3n) is 4.23. The van der Waals surface area contributed by atoms with Crippen LogP contribution in [-0.2, 0) is 6.54 Å². The van der Waals surface area contributed by atoms with E-state index in [-0.39, 0.29) is 5.91 Å². The summed E-state index contributed by atoms with van der Waals surface area (Å²) in [6, 6.07) is 11.6. The third kappa shape index (κ3) is 3.92. The molecular formula is C19H23N3O2. The van der Waals surface area contributed by atoms with Crippen molar-refractivity contribution in [3.05, 3.63) is 59.9 Å². The summed E-state index contributed by atoms with van der Waals surface area (Å²) in [5, 5.41) is 0. The lowest BCUT2D eigenvalue weighted by molar-refractivity contribution is 0.0624. The second-order valence-electron chi connectivity index (χ2n) is 5.85. The van der Waals surface area contributed by atoms with Gasteiger partial charge >= 0.3 is 0 Å². The summed E-state index contributed by atoms with van der Waals surface area (Å²) >= 11 is 0. The quantitative estimate of drug-likeness (QED) is 0.847. The van der Waals surface area contributed by atoms with Gasteiger partial charge in [0.15, 0.2) is 0 Å². The Hall–Kier alpha value is -2.40. The SMILES string of the molecule is CCOc1ccccc1C(=O)N1CCN(Cc2ccncc2)CC1. The summed E-state index contributed by atoms with van der Waals surface area (Å²) < 4.78 is 5.59. The van der Waals surface area contributed by atoms with Crippen LogP contribution in [0, 0.1) is 0 Å². The second kappa shape index (κ2) is 7.93.